The standard InChI is InChI=1S/C15H22FNO3/c1-5-20-14(18)15(10-19-4,11(2)3)17-13-8-6-12(16)7-9-13/h6-9,11,17H,5,10H2,1-4H3. The summed E-state index contributed by atoms with van der Waals surface area (Å²) in [6, 6.07) is 5.85. The van der Waals surface area contributed by atoms with Gasteiger partial charge in [-0.2, -0.15) is 0 Å². The van der Waals surface area contributed by atoms with Gasteiger partial charge in [-0.3, -0.25) is 0 Å². The van der Waals surface area contributed by atoms with Crippen molar-refractivity contribution in [1.82, 2.24) is 0 Å². The molecule has 1 N–H and O–H groups in total. The normalized spacial score (nSPS) is 13.9. The second-order valence-electron chi connectivity index (χ2n) is 4.91. The Labute approximate surface area is 119 Å². The van der Waals surface area contributed by atoms with Gasteiger partial charge < -0.3 is 14.8 Å². The minimum Gasteiger partial charge on any atom is -0.464 e. The first-order chi connectivity index (χ1) is 9.46. The molecule has 1 unspecified atom stereocenters. The van der Waals surface area contributed by atoms with E-state index in [-0.39, 0.29) is 24.3 Å². The second kappa shape index (κ2) is 7.24. The highest BCUT2D eigenvalue weighted by atomic mass is 19.1. The Bertz CT molecular complexity index is 433. The Morgan fingerprint density at radius 1 is 1.35 bits per heavy atom. The molecule has 1 atom stereocenters. The largest absolute Gasteiger partial charge is 0.464 e. The molecule has 0 fully saturated rings. The summed E-state index contributed by atoms with van der Waals surface area (Å²) in [5, 5.41) is 3.14. The maximum absolute atomic E-state index is 13.0. The predicted molar refractivity (Wildman–Crippen MR) is 76.1 cm³/mol. The van der Waals surface area contributed by atoms with Crippen LogP contribution in [0.3, 0.4) is 0 Å². The molecule has 0 spiro atoms. The zero-order valence-electron chi connectivity index (χ0n) is 12.4. The molecule has 0 aliphatic carbocycles. The fourth-order valence-corrected chi connectivity index (χ4v) is 1.97. The van der Waals surface area contributed by atoms with Gasteiger partial charge in [-0.15, -0.1) is 0 Å². The smallest absolute Gasteiger partial charge is 0.334 e. The highest BCUT2D eigenvalue weighted by Crippen LogP contribution is 2.26. The maximum Gasteiger partial charge on any atom is 0.334 e. The lowest BCUT2D eigenvalue weighted by atomic mass is 9.86. The molecule has 4 nitrogen and oxygen atoms in total. The van der Waals surface area contributed by atoms with Crippen molar-refractivity contribution in [2.45, 2.75) is 26.3 Å². The number of methoxy groups -OCH3 is 1. The van der Waals surface area contributed by atoms with E-state index in [1.165, 1.54) is 19.2 Å². The molecular formula is C15H22FNO3. The van der Waals surface area contributed by atoms with E-state index in [1.807, 2.05) is 13.8 Å². The number of benzene rings is 1. The first-order valence-electron chi connectivity index (χ1n) is 6.66. The van der Waals surface area contributed by atoms with E-state index in [0.29, 0.717) is 12.3 Å². The molecule has 5 heteroatoms. The minimum absolute atomic E-state index is 0.0634. The summed E-state index contributed by atoms with van der Waals surface area (Å²) in [6.07, 6.45) is 0. The van der Waals surface area contributed by atoms with E-state index < -0.39 is 5.54 Å². The van der Waals surface area contributed by atoms with Gasteiger partial charge in [0.1, 0.15) is 5.82 Å². The van der Waals surface area contributed by atoms with Crippen LogP contribution < -0.4 is 5.32 Å². The molecule has 0 radical (unpaired) electrons. The molecule has 1 aromatic carbocycles. The summed E-state index contributed by atoms with van der Waals surface area (Å²) in [6.45, 7) is 6.04. The number of hydrogen-bond donors (Lipinski definition) is 1. The van der Waals surface area contributed by atoms with Gasteiger partial charge in [-0.05, 0) is 37.1 Å². The van der Waals surface area contributed by atoms with Gasteiger partial charge in [0, 0.05) is 12.8 Å². The van der Waals surface area contributed by atoms with Gasteiger partial charge in [0.25, 0.3) is 0 Å². The van der Waals surface area contributed by atoms with Crippen LogP contribution in [0.1, 0.15) is 20.8 Å². The quantitative estimate of drug-likeness (QED) is 0.782. The fourth-order valence-electron chi connectivity index (χ4n) is 1.97. The van der Waals surface area contributed by atoms with Crippen LogP contribution in [0.4, 0.5) is 10.1 Å². The lowest BCUT2D eigenvalue weighted by molar-refractivity contribution is -0.152. The number of carbonyl (C=O) groups excluding carboxylic acids is 1. The zero-order chi connectivity index (χ0) is 15.2. The SMILES string of the molecule is CCOC(=O)C(COC)(Nc1ccc(F)cc1)C(C)C. The maximum atomic E-state index is 13.0. The molecule has 0 aliphatic rings. The zero-order valence-corrected chi connectivity index (χ0v) is 12.4. The third kappa shape index (κ3) is 3.70. The lowest BCUT2D eigenvalue weighted by Crippen LogP contribution is -2.55. The Morgan fingerprint density at radius 3 is 2.40 bits per heavy atom. The third-order valence-corrected chi connectivity index (χ3v) is 3.21. The number of nitrogens with one attached hydrogen (secondary N) is 1. The van der Waals surface area contributed by atoms with Crippen LogP contribution in [-0.4, -0.2) is 31.8 Å². The molecular weight excluding hydrogens is 261 g/mol. The average Bonchev–Trinajstić information content (AvgIpc) is 2.40. The highest BCUT2D eigenvalue weighted by molar-refractivity contribution is 5.85. The van der Waals surface area contributed by atoms with Crippen molar-refractivity contribution in [3.8, 4) is 0 Å². The van der Waals surface area contributed by atoms with E-state index in [2.05, 4.69) is 5.32 Å². The Balaban J connectivity index is 3.07. The summed E-state index contributed by atoms with van der Waals surface area (Å²) in [5.74, 6) is -0.763. The van der Waals surface area contributed by atoms with Crippen molar-refractivity contribution in [2.75, 3.05) is 25.6 Å². The number of hydrogen-bond acceptors (Lipinski definition) is 4. The number of esters is 1. The van der Waals surface area contributed by atoms with E-state index in [4.69, 9.17) is 9.47 Å². The number of anilines is 1. The van der Waals surface area contributed by atoms with Crippen molar-refractivity contribution in [3.05, 3.63) is 30.1 Å². The highest BCUT2D eigenvalue weighted by Gasteiger charge is 2.43. The van der Waals surface area contributed by atoms with Gasteiger partial charge in [0.15, 0.2) is 5.54 Å². The minimum atomic E-state index is -0.997. The molecule has 0 aromatic heterocycles. The van der Waals surface area contributed by atoms with Gasteiger partial charge in [0.2, 0.25) is 0 Å². The summed E-state index contributed by atoms with van der Waals surface area (Å²) in [4.78, 5) is 12.3. The van der Waals surface area contributed by atoms with Crippen LogP contribution in [0.25, 0.3) is 0 Å². The van der Waals surface area contributed by atoms with Crippen LogP contribution in [-0.2, 0) is 14.3 Å². The van der Waals surface area contributed by atoms with E-state index in [0.717, 1.165) is 0 Å². The first-order valence-corrected chi connectivity index (χ1v) is 6.66. The van der Waals surface area contributed by atoms with E-state index in [1.54, 1.807) is 19.1 Å². The van der Waals surface area contributed by atoms with Gasteiger partial charge in [0.05, 0.1) is 13.2 Å². The first kappa shape index (κ1) is 16.4. The van der Waals surface area contributed by atoms with E-state index >= 15 is 0 Å². The third-order valence-electron chi connectivity index (χ3n) is 3.21. The summed E-state index contributed by atoms with van der Waals surface area (Å²) < 4.78 is 23.3. The molecule has 20 heavy (non-hydrogen) atoms. The molecule has 0 aliphatic heterocycles. The monoisotopic (exact) mass is 283 g/mol. The average molecular weight is 283 g/mol. The van der Waals surface area contributed by atoms with Crippen molar-refractivity contribution < 1.29 is 18.7 Å². The molecule has 1 aromatic rings. The summed E-state index contributed by atoms with van der Waals surface area (Å²) in [7, 11) is 1.53. The number of carbonyl (C=O) groups is 1. The van der Waals surface area contributed by atoms with E-state index in [9.17, 15) is 9.18 Å². The Morgan fingerprint density at radius 2 is 1.95 bits per heavy atom. The Kier molecular flexibility index (Phi) is 5.95. The molecule has 0 saturated carbocycles. The molecule has 1 rings (SSSR count). The molecule has 0 amide bonds. The molecule has 0 bridgehead atoms. The van der Waals surface area contributed by atoms with Gasteiger partial charge in [-0.1, -0.05) is 13.8 Å². The van der Waals surface area contributed by atoms with Crippen molar-refractivity contribution in [1.29, 1.82) is 0 Å². The fraction of sp³-hybridized carbons (Fsp3) is 0.533. The predicted octanol–water partition coefficient (Wildman–Crippen LogP) is 2.84. The van der Waals surface area contributed by atoms with Gasteiger partial charge in [-0.25, -0.2) is 9.18 Å². The van der Waals surface area contributed by atoms with Crippen LogP contribution >= 0.6 is 0 Å². The lowest BCUT2D eigenvalue weighted by Gasteiger charge is -2.36. The Hall–Kier alpha value is -1.62. The van der Waals surface area contributed by atoms with Crippen molar-refractivity contribution >= 4 is 11.7 Å². The molecule has 0 heterocycles. The van der Waals surface area contributed by atoms with Crippen LogP contribution in [0.5, 0.6) is 0 Å². The topological polar surface area (TPSA) is 47.6 Å². The van der Waals surface area contributed by atoms with Crippen LogP contribution in [0.15, 0.2) is 24.3 Å². The van der Waals surface area contributed by atoms with Crippen LogP contribution in [0.2, 0.25) is 0 Å². The molecule has 0 saturated heterocycles. The number of rotatable bonds is 7. The van der Waals surface area contributed by atoms with Crippen molar-refractivity contribution in [3.63, 3.8) is 0 Å². The number of ether oxygens (including phenoxy) is 2. The van der Waals surface area contributed by atoms with Gasteiger partial charge >= 0.3 is 5.97 Å². The molecule has 112 valence electrons. The van der Waals surface area contributed by atoms with Crippen molar-refractivity contribution in [2.24, 2.45) is 5.92 Å². The summed E-state index contributed by atoms with van der Waals surface area (Å²) in [5.41, 5.74) is -0.354. The second-order valence-corrected chi connectivity index (χ2v) is 4.91. The number of halogens is 1. The van der Waals surface area contributed by atoms with Crippen LogP contribution in [0, 0.1) is 11.7 Å². The summed E-state index contributed by atoms with van der Waals surface area (Å²) >= 11 is 0.